The third-order valence-electron chi connectivity index (χ3n) is 5.65. The van der Waals surface area contributed by atoms with Crippen molar-refractivity contribution < 1.29 is 14.0 Å². The number of benzene rings is 2. The summed E-state index contributed by atoms with van der Waals surface area (Å²) in [5.74, 6) is -0.538. The summed E-state index contributed by atoms with van der Waals surface area (Å²) in [6.45, 7) is 4.07. The van der Waals surface area contributed by atoms with Crippen molar-refractivity contribution in [3.05, 3.63) is 59.4 Å². The summed E-state index contributed by atoms with van der Waals surface area (Å²) in [5.41, 5.74) is 1.90. The van der Waals surface area contributed by atoms with Gasteiger partial charge in [0.2, 0.25) is 0 Å². The molecule has 2 aromatic rings. The van der Waals surface area contributed by atoms with E-state index >= 15 is 0 Å². The average Bonchev–Trinajstić information content (AvgIpc) is 3.53. The zero-order valence-electron chi connectivity index (χ0n) is 16.6. The van der Waals surface area contributed by atoms with Crippen molar-refractivity contribution in [3.8, 4) is 0 Å². The maximum absolute atomic E-state index is 13.9. The fourth-order valence-corrected chi connectivity index (χ4v) is 3.66. The monoisotopic (exact) mass is 395 g/mol. The minimum atomic E-state index is -0.573. The van der Waals surface area contributed by atoms with Crippen molar-refractivity contribution in [2.75, 3.05) is 23.3 Å². The molecule has 29 heavy (non-hydrogen) atoms. The highest BCUT2D eigenvalue weighted by Crippen LogP contribution is 2.30. The number of hydrogen-bond donors (Lipinski definition) is 2. The van der Waals surface area contributed by atoms with Gasteiger partial charge in [0.25, 0.3) is 11.8 Å². The van der Waals surface area contributed by atoms with Crippen LogP contribution >= 0.6 is 0 Å². The maximum Gasteiger partial charge on any atom is 0.258 e. The van der Waals surface area contributed by atoms with Gasteiger partial charge in [0, 0.05) is 30.5 Å². The molecule has 2 aromatic carbocycles. The SMILES string of the molecule is CC1CCN(c2ccc(NC(=O)c3ccccc3F)cc2C(=O)NC2CC2)CC1. The van der Waals surface area contributed by atoms with Crippen LogP contribution in [0.1, 0.15) is 53.3 Å². The van der Waals surface area contributed by atoms with Crippen molar-refractivity contribution in [2.45, 2.75) is 38.6 Å². The Morgan fingerprint density at radius 3 is 2.38 bits per heavy atom. The molecule has 2 fully saturated rings. The quantitative estimate of drug-likeness (QED) is 0.797. The van der Waals surface area contributed by atoms with Crippen LogP contribution in [0.25, 0.3) is 0 Å². The second kappa shape index (κ2) is 8.23. The lowest BCUT2D eigenvalue weighted by molar-refractivity contribution is 0.0950. The molecule has 152 valence electrons. The molecule has 0 bridgehead atoms. The van der Waals surface area contributed by atoms with Crippen molar-refractivity contribution in [1.29, 1.82) is 0 Å². The fraction of sp³-hybridized carbons (Fsp3) is 0.391. The van der Waals surface area contributed by atoms with E-state index < -0.39 is 11.7 Å². The molecule has 0 atom stereocenters. The fourth-order valence-electron chi connectivity index (χ4n) is 3.66. The van der Waals surface area contributed by atoms with Crippen LogP contribution < -0.4 is 15.5 Å². The molecule has 0 unspecified atom stereocenters. The first kappa shape index (κ1) is 19.4. The lowest BCUT2D eigenvalue weighted by Crippen LogP contribution is -2.35. The van der Waals surface area contributed by atoms with Crippen molar-refractivity contribution in [1.82, 2.24) is 5.32 Å². The zero-order valence-corrected chi connectivity index (χ0v) is 16.6. The van der Waals surface area contributed by atoms with Gasteiger partial charge in [-0.3, -0.25) is 9.59 Å². The third kappa shape index (κ3) is 4.58. The van der Waals surface area contributed by atoms with Crippen LogP contribution in [0, 0.1) is 11.7 Å². The van der Waals surface area contributed by atoms with Crippen molar-refractivity contribution in [2.24, 2.45) is 5.92 Å². The Hall–Kier alpha value is -2.89. The van der Waals surface area contributed by atoms with Crippen LogP contribution in [-0.4, -0.2) is 30.9 Å². The lowest BCUT2D eigenvalue weighted by Gasteiger charge is -2.33. The maximum atomic E-state index is 13.9. The second-order valence-corrected chi connectivity index (χ2v) is 8.08. The number of carbonyl (C=O) groups excluding carboxylic acids is 2. The summed E-state index contributed by atoms with van der Waals surface area (Å²) >= 11 is 0. The van der Waals surface area contributed by atoms with Gasteiger partial charge in [-0.2, -0.15) is 0 Å². The second-order valence-electron chi connectivity index (χ2n) is 8.08. The van der Waals surface area contributed by atoms with E-state index in [9.17, 15) is 14.0 Å². The molecule has 0 spiro atoms. The molecule has 5 nitrogen and oxygen atoms in total. The van der Waals surface area contributed by atoms with Crippen LogP contribution in [0.2, 0.25) is 0 Å². The van der Waals surface area contributed by atoms with Gasteiger partial charge in [-0.15, -0.1) is 0 Å². The van der Waals surface area contributed by atoms with Crippen LogP contribution in [0.5, 0.6) is 0 Å². The number of nitrogens with one attached hydrogen (secondary N) is 2. The van der Waals surface area contributed by atoms with Gasteiger partial charge in [0.05, 0.1) is 11.1 Å². The summed E-state index contributed by atoms with van der Waals surface area (Å²) in [6.07, 6.45) is 4.20. The van der Waals surface area contributed by atoms with Gasteiger partial charge in [-0.05, 0) is 61.9 Å². The summed E-state index contributed by atoms with van der Waals surface area (Å²) in [5, 5.41) is 5.76. The molecule has 1 saturated heterocycles. The van der Waals surface area contributed by atoms with E-state index in [0.29, 0.717) is 17.2 Å². The molecule has 2 amide bonds. The Balaban J connectivity index is 1.59. The molecule has 4 rings (SSSR count). The van der Waals surface area contributed by atoms with E-state index in [4.69, 9.17) is 0 Å². The Morgan fingerprint density at radius 1 is 0.966 bits per heavy atom. The topological polar surface area (TPSA) is 61.4 Å². The van der Waals surface area contributed by atoms with Crippen LogP contribution in [-0.2, 0) is 0 Å². The van der Waals surface area contributed by atoms with Crippen LogP contribution in [0.3, 0.4) is 0 Å². The highest BCUT2D eigenvalue weighted by Gasteiger charge is 2.27. The number of halogens is 1. The molecular formula is C23H26FN3O2. The Bertz CT molecular complexity index is 918. The smallest absolute Gasteiger partial charge is 0.258 e. The van der Waals surface area contributed by atoms with Crippen LogP contribution in [0.4, 0.5) is 15.8 Å². The molecule has 2 aliphatic rings. The van der Waals surface area contributed by atoms with Gasteiger partial charge in [0.1, 0.15) is 5.82 Å². The molecule has 1 heterocycles. The van der Waals surface area contributed by atoms with E-state index in [1.54, 1.807) is 24.3 Å². The predicted octanol–water partition coefficient (Wildman–Crippen LogP) is 4.21. The van der Waals surface area contributed by atoms with Gasteiger partial charge >= 0.3 is 0 Å². The summed E-state index contributed by atoms with van der Waals surface area (Å²) in [4.78, 5) is 27.6. The number of carbonyl (C=O) groups is 2. The first-order valence-electron chi connectivity index (χ1n) is 10.3. The van der Waals surface area contributed by atoms with Gasteiger partial charge in [0.15, 0.2) is 0 Å². The highest BCUT2D eigenvalue weighted by atomic mass is 19.1. The number of rotatable bonds is 5. The average molecular weight is 395 g/mol. The minimum absolute atomic E-state index is 0.0226. The molecular weight excluding hydrogens is 369 g/mol. The normalized spacial score (nSPS) is 17.1. The first-order valence-corrected chi connectivity index (χ1v) is 10.3. The summed E-state index contributed by atoms with van der Waals surface area (Å²) in [6, 6.07) is 11.5. The number of amides is 2. The van der Waals surface area contributed by atoms with Gasteiger partial charge < -0.3 is 15.5 Å². The molecule has 1 saturated carbocycles. The molecule has 0 radical (unpaired) electrons. The van der Waals surface area contributed by atoms with E-state index in [-0.39, 0.29) is 17.5 Å². The minimum Gasteiger partial charge on any atom is -0.371 e. The van der Waals surface area contributed by atoms with E-state index in [1.165, 1.54) is 12.1 Å². The molecule has 0 aromatic heterocycles. The van der Waals surface area contributed by atoms with Crippen molar-refractivity contribution >= 4 is 23.2 Å². The molecule has 1 aliphatic heterocycles. The van der Waals surface area contributed by atoms with E-state index in [1.807, 2.05) is 6.07 Å². The Morgan fingerprint density at radius 2 is 1.69 bits per heavy atom. The first-order chi connectivity index (χ1) is 14.0. The van der Waals surface area contributed by atoms with Crippen LogP contribution in [0.15, 0.2) is 42.5 Å². The van der Waals surface area contributed by atoms with Gasteiger partial charge in [-0.25, -0.2) is 4.39 Å². The summed E-state index contributed by atoms with van der Waals surface area (Å²) in [7, 11) is 0. The number of piperidine rings is 1. The van der Waals surface area contributed by atoms with E-state index in [2.05, 4.69) is 22.5 Å². The number of nitrogens with zero attached hydrogens (tertiary/aromatic N) is 1. The van der Waals surface area contributed by atoms with Crippen molar-refractivity contribution in [3.63, 3.8) is 0 Å². The highest BCUT2D eigenvalue weighted by molar-refractivity contribution is 6.06. The Labute approximate surface area is 170 Å². The van der Waals surface area contributed by atoms with E-state index in [0.717, 1.165) is 44.5 Å². The standard InChI is InChI=1S/C23H26FN3O2/c1-15-10-12-27(13-11-15)21-9-8-17(14-19(21)23(29)25-16-6-7-16)26-22(28)18-4-2-3-5-20(18)24/h2-5,8-9,14-16H,6-7,10-13H2,1H3,(H,25,29)(H,26,28). The molecule has 1 aliphatic carbocycles. The predicted molar refractivity (Wildman–Crippen MR) is 112 cm³/mol. The number of hydrogen-bond acceptors (Lipinski definition) is 3. The lowest BCUT2D eigenvalue weighted by atomic mass is 9.97. The third-order valence-corrected chi connectivity index (χ3v) is 5.65. The summed E-state index contributed by atoms with van der Waals surface area (Å²) < 4.78 is 13.9. The van der Waals surface area contributed by atoms with Gasteiger partial charge in [-0.1, -0.05) is 19.1 Å². The molecule has 6 heteroatoms. The Kier molecular flexibility index (Phi) is 5.51. The molecule has 2 N–H and O–H groups in total. The largest absolute Gasteiger partial charge is 0.371 e. The number of anilines is 2. The zero-order chi connectivity index (χ0) is 20.4.